The summed E-state index contributed by atoms with van der Waals surface area (Å²) in [5.41, 5.74) is 2.12. The molecule has 2 amide bonds. The van der Waals surface area contributed by atoms with Gasteiger partial charge in [-0.2, -0.15) is 0 Å². The van der Waals surface area contributed by atoms with Crippen LogP contribution in [0.2, 0.25) is 0 Å². The highest BCUT2D eigenvalue weighted by atomic mass is 16.4. The normalized spacial score (nSPS) is 19.0. The fraction of sp³-hybridized carbons (Fsp3) is 0.333. The van der Waals surface area contributed by atoms with Gasteiger partial charge < -0.3 is 23.6 Å². The lowest BCUT2D eigenvalue weighted by Crippen LogP contribution is -2.54. The molecule has 0 unspecified atom stereocenters. The van der Waals surface area contributed by atoms with E-state index in [9.17, 15) is 19.2 Å². The molecule has 2 bridgehead atoms. The number of nitrogens with one attached hydrogen (secondary N) is 1. The predicted molar refractivity (Wildman–Crippen MR) is 144 cm³/mol. The Kier molecular flexibility index (Phi) is 6.21. The second kappa shape index (κ2) is 9.72. The standard InChI is InChI=1S/C30H29N3O6/c1-17-11-24(34)29-28(38-17)22(27(39-29)20-7-4-3-5-8-20)13-25(35)31-18(2)30(37)32-14-19-12-21(16-32)23-9-6-10-26(36)33(23)15-19/h3-11,18-19,21H,12-16H2,1-2H3,(H,31,35)/t18-,19+,21-/m0/s1. The summed E-state index contributed by atoms with van der Waals surface area (Å²) >= 11 is 0. The zero-order valence-electron chi connectivity index (χ0n) is 21.8. The minimum absolute atomic E-state index is 0.00437. The molecular weight excluding hydrogens is 498 g/mol. The number of hydrogen-bond donors (Lipinski definition) is 1. The summed E-state index contributed by atoms with van der Waals surface area (Å²) in [4.78, 5) is 53.3. The van der Waals surface area contributed by atoms with E-state index < -0.39 is 6.04 Å². The molecule has 1 aromatic carbocycles. The van der Waals surface area contributed by atoms with E-state index in [-0.39, 0.29) is 52.2 Å². The number of pyridine rings is 1. The molecule has 0 radical (unpaired) electrons. The smallest absolute Gasteiger partial charge is 0.250 e. The first-order chi connectivity index (χ1) is 18.8. The lowest BCUT2D eigenvalue weighted by molar-refractivity contribution is -0.138. The van der Waals surface area contributed by atoms with Gasteiger partial charge in [0, 0.05) is 48.9 Å². The summed E-state index contributed by atoms with van der Waals surface area (Å²) in [6.45, 7) is 5.00. The van der Waals surface area contributed by atoms with E-state index in [0.717, 1.165) is 12.1 Å². The van der Waals surface area contributed by atoms with Crippen LogP contribution in [0, 0.1) is 12.8 Å². The Morgan fingerprint density at radius 3 is 2.59 bits per heavy atom. The second-order valence-electron chi connectivity index (χ2n) is 10.6. The first kappa shape index (κ1) is 24.9. The Morgan fingerprint density at radius 2 is 1.79 bits per heavy atom. The maximum atomic E-state index is 13.4. The van der Waals surface area contributed by atoms with E-state index >= 15 is 0 Å². The number of carbonyl (C=O) groups is 2. The van der Waals surface area contributed by atoms with Crippen molar-refractivity contribution < 1.29 is 18.4 Å². The molecule has 1 N–H and O–H groups in total. The SMILES string of the molecule is Cc1cc(=O)c2oc(-c3ccccc3)c(CC(=O)N[C@@H](C)C(=O)N3C[C@H]4C[C@@H](C3)c3cccc(=O)n3C4)c2o1. The van der Waals surface area contributed by atoms with Crippen molar-refractivity contribution in [3.05, 3.63) is 92.2 Å². The van der Waals surface area contributed by atoms with Gasteiger partial charge in [-0.05, 0) is 32.3 Å². The van der Waals surface area contributed by atoms with E-state index in [1.165, 1.54) is 6.07 Å². The van der Waals surface area contributed by atoms with Gasteiger partial charge in [0.25, 0.3) is 5.56 Å². The minimum Gasteiger partial charge on any atom is -0.457 e. The molecule has 6 rings (SSSR count). The molecule has 5 heterocycles. The molecule has 1 saturated heterocycles. The van der Waals surface area contributed by atoms with Crippen LogP contribution in [0.4, 0.5) is 0 Å². The Bertz CT molecular complexity index is 1700. The van der Waals surface area contributed by atoms with E-state index in [1.54, 1.807) is 30.9 Å². The number of fused-ring (bicyclic) bond motifs is 5. The minimum atomic E-state index is -0.749. The summed E-state index contributed by atoms with van der Waals surface area (Å²) in [6, 6.07) is 15.1. The lowest BCUT2D eigenvalue weighted by Gasteiger charge is -2.43. The summed E-state index contributed by atoms with van der Waals surface area (Å²) in [5, 5.41) is 2.84. The van der Waals surface area contributed by atoms with Crippen LogP contribution in [-0.2, 0) is 22.6 Å². The number of piperidine rings is 1. The third kappa shape index (κ3) is 4.58. The Morgan fingerprint density at radius 1 is 1.00 bits per heavy atom. The van der Waals surface area contributed by atoms with E-state index in [1.807, 2.05) is 41.0 Å². The van der Waals surface area contributed by atoms with Crippen molar-refractivity contribution in [2.75, 3.05) is 13.1 Å². The molecule has 0 saturated carbocycles. The van der Waals surface area contributed by atoms with E-state index in [4.69, 9.17) is 8.83 Å². The molecule has 2 aliphatic rings. The van der Waals surface area contributed by atoms with Crippen LogP contribution in [0.25, 0.3) is 22.5 Å². The molecule has 200 valence electrons. The number of hydrogen-bond acceptors (Lipinski definition) is 6. The fourth-order valence-corrected chi connectivity index (χ4v) is 6.01. The molecule has 0 spiro atoms. The Hall–Kier alpha value is -4.40. The molecule has 39 heavy (non-hydrogen) atoms. The Labute approximate surface area is 224 Å². The summed E-state index contributed by atoms with van der Waals surface area (Å²) in [6.07, 6.45) is 0.817. The monoisotopic (exact) mass is 527 g/mol. The molecule has 2 aliphatic heterocycles. The number of furan rings is 1. The Balaban J connectivity index is 1.21. The van der Waals surface area contributed by atoms with Crippen molar-refractivity contribution in [1.82, 2.24) is 14.8 Å². The fourth-order valence-electron chi connectivity index (χ4n) is 6.01. The summed E-state index contributed by atoms with van der Waals surface area (Å²) in [5.74, 6) is 0.554. The molecule has 4 aromatic rings. The number of amides is 2. The second-order valence-corrected chi connectivity index (χ2v) is 10.6. The van der Waals surface area contributed by atoms with Gasteiger partial charge in [0.1, 0.15) is 17.6 Å². The van der Waals surface area contributed by atoms with Gasteiger partial charge in [-0.1, -0.05) is 36.4 Å². The number of aromatic nitrogens is 1. The maximum Gasteiger partial charge on any atom is 0.250 e. The molecular formula is C30H29N3O6. The number of rotatable bonds is 5. The van der Waals surface area contributed by atoms with Crippen LogP contribution >= 0.6 is 0 Å². The molecule has 1 fully saturated rings. The van der Waals surface area contributed by atoms with Crippen LogP contribution < -0.4 is 16.3 Å². The van der Waals surface area contributed by atoms with Crippen molar-refractivity contribution in [3.63, 3.8) is 0 Å². The number of nitrogens with zero attached hydrogens (tertiary/aromatic N) is 2. The lowest BCUT2D eigenvalue weighted by atomic mass is 9.83. The summed E-state index contributed by atoms with van der Waals surface area (Å²) in [7, 11) is 0. The molecule has 9 heteroatoms. The van der Waals surface area contributed by atoms with Crippen LogP contribution in [0.15, 0.2) is 73.0 Å². The van der Waals surface area contributed by atoms with Gasteiger partial charge >= 0.3 is 0 Å². The summed E-state index contributed by atoms with van der Waals surface area (Å²) < 4.78 is 13.6. The van der Waals surface area contributed by atoms with E-state index in [2.05, 4.69) is 5.32 Å². The van der Waals surface area contributed by atoms with Crippen molar-refractivity contribution >= 4 is 23.0 Å². The number of benzene rings is 1. The number of aryl methyl sites for hydroxylation is 1. The quantitative estimate of drug-likeness (QED) is 0.426. The average molecular weight is 528 g/mol. The molecule has 3 aromatic heterocycles. The molecule has 0 aliphatic carbocycles. The zero-order valence-corrected chi connectivity index (χ0v) is 21.8. The van der Waals surface area contributed by atoms with Crippen molar-refractivity contribution in [2.24, 2.45) is 5.92 Å². The third-order valence-corrected chi connectivity index (χ3v) is 7.69. The van der Waals surface area contributed by atoms with Crippen LogP contribution in [-0.4, -0.2) is 40.4 Å². The number of likely N-dealkylation sites (tertiary alicyclic amines) is 1. The highest BCUT2D eigenvalue weighted by Crippen LogP contribution is 2.35. The van der Waals surface area contributed by atoms with Gasteiger partial charge in [0.05, 0.1) is 12.0 Å². The molecule has 9 nitrogen and oxygen atoms in total. The molecule has 3 atom stereocenters. The average Bonchev–Trinajstić information content (AvgIpc) is 3.27. The first-order valence-corrected chi connectivity index (χ1v) is 13.2. The topological polar surface area (TPSA) is 115 Å². The zero-order chi connectivity index (χ0) is 27.3. The van der Waals surface area contributed by atoms with Gasteiger partial charge in [0.15, 0.2) is 5.58 Å². The van der Waals surface area contributed by atoms with Crippen molar-refractivity contribution in [3.8, 4) is 11.3 Å². The largest absolute Gasteiger partial charge is 0.457 e. The maximum absolute atomic E-state index is 13.4. The first-order valence-electron chi connectivity index (χ1n) is 13.2. The number of carbonyl (C=O) groups excluding carboxylic acids is 2. The third-order valence-electron chi connectivity index (χ3n) is 7.69. The van der Waals surface area contributed by atoms with Crippen LogP contribution in [0.5, 0.6) is 0 Å². The van der Waals surface area contributed by atoms with Gasteiger partial charge in [-0.3, -0.25) is 19.2 Å². The van der Waals surface area contributed by atoms with Gasteiger partial charge in [-0.25, -0.2) is 0 Å². The van der Waals surface area contributed by atoms with Gasteiger partial charge in [-0.15, -0.1) is 0 Å². The highest BCUT2D eigenvalue weighted by Gasteiger charge is 2.37. The predicted octanol–water partition coefficient (Wildman–Crippen LogP) is 3.22. The van der Waals surface area contributed by atoms with Crippen LogP contribution in [0.3, 0.4) is 0 Å². The van der Waals surface area contributed by atoms with Crippen LogP contribution in [0.1, 0.15) is 36.3 Å². The van der Waals surface area contributed by atoms with Crippen molar-refractivity contribution in [1.29, 1.82) is 0 Å². The van der Waals surface area contributed by atoms with Gasteiger partial charge in [0.2, 0.25) is 22.8 Å². The highest BCUT2D eigenvalue weighted by molar-refractivity contribution is 5.92. The van der Waals surface area contributed by atoms with Crippen molar-refractivity contribution in [2.45, 2.75) is 45.2 Å². The van der Waals surface area contributed by atoms with E-state index in [0.29, 0.717) is 42.3 Å².